The maximum Gasteiger partial charge on any atom is 0.416 e. The number of rotatable bonds is 1. The van der Waals surface area contributed by atoms with Gasteiger partial charge in [0.05, 0.1) is 5.56 Å². The zero-order chi connectivity index (χ0) is 10.1. The van der Waals surface area contributed by atoms with Gasteiger partial charge in [-0.05, 0) is 24.6 Å². The number of benzene rings is 1. The first-order valence-corrected chi connectivity index (χ1v) is 3.74. The Labute approximate surface area is 73.8 Å². The van der Waals surface area contributed by atoms with Gasteiger partial charge in [0.25, 0.3) is 0 Å². The lowest BCUT2D eigenvalue weighted by Gasteiger charge is -2.07. The molecular formula is C9H8F3O. The SMILES string of the molecule is CC([O])c1ccc(C(F)(F)F)cc1. The smallest absolute Gasteiger partial charge is 0.228 e. The molecule has 1 rings (SSSR count). The van der Waals surface area contributed by atoms with Crippen LogP contribution in [0.1, 0.15) is 24.2 Å². The van der Waals surface area contributed by atoms with E-state index in [0.717, 1.165) is 12.1 Å². The Balaban J connectivity index is 2.94. The molecule has 0 heterocycles. The fourth-order valence-electron chi connectivity index (χ4n) is 0.943. The van der Waals surface area contributed by atoms with Crippen molar-refractivity contribution in [1.82, 2.24) is 0 Å². The van der Waals surface area contributed by atoms with Crippen LogP contribution in [0.3, 0.4) is 0 Å². The summed E-state index contributed by atoms with van der Waals surface area (Å²) in [5.41, 5.74) is -0.357. The Hall–Kier alpha value is -1.03. The van der Waals surface area contributed by atoms with E-state index < -0.39 is 17.8 Å². The first kappa shape index (κ1) is 10.1. The van der Waals surface area contributed by atoms with Gasteiger partial charge < -0.3 is 0 Å². The van der Waals surface area contributed by atoms with Gasteiger partial charge in [-0.2, -0.15) is 13.2 Å². The Bertz CT molecular complexity index is 274. The molecule has 0 saturated heterocycles. The van der Waals surface area contributed by atoms with Crippen molar-refractivity contribution in [3.8, 4) is 0 Å². The third-order valence-electron chi connectivity index (χ3n) is 1.71. The lowest BCUT2D eigenvalue weighted by Crippen LogP contribution is -2.04. The van der Waals surface area contributed by atoms with Gasteiger partial charge in [-0.1, -0.05) is 12.1 Å². The van der Waals surface area contributed by atoms with Crippen molar-refractivity contribution >= 4 is 0 Å². The van der Waals surface area contributed by atoms with Crippen LogP contribution in [0.25, 0.3) is 0 Å². The molecule has 1 atom stereocenters. The predicted molar refractivity (Wildman–Crippen MR) is 40.5 cm³/mol. The summed E-state index contributed by atoms with van der Waals surface area (Å²) in [7, 11) is 0. The van der Waals surface area contributed by atoms with E-state index in [2.05, 4.69) is 0 Å². The third-order valence-corrected chi connectivity index (χ3v) is 1.71. The Morgan fingerprint density at radius 1 is 1.15 bits per heavy atom. The normalized spacial score (nSPS) is 14.2. The summed E-state index contributed by atoms with van der Waals surface area (Å²) in [4.78, 5) is 0. The van der Waals surface area contributed by atoms with E-state index in [9.17, 15) is 18.3 Å². The number of hydrogen-bond donors (Lipinski definition) is 0. The molecule has 0 N–H and O–H groups in total. The van der Waals surface area contributed by atoms with E-state index in [1.165, 1.54) is 19.1 Å². The summed E-state index contributed by atoms with van der Waals surface area (Å²) in [6, 6.07) is 4.26. The van der Waals surface area contributed by atoms with E-state index in [-0.39, 0.29) is 0 Å². The van der Waals surface area contributed by atoms with Crippen LogP contribution in [0.2, 0.25) is 0 Å². The molecule has 0 aromatic heterocycles. The highest BCUT2D eigenvalue weighted by Crippen LogP contribution is 2.29. The molecule has 0 aliphatic carbocycles. The molecule has 1 unspecified atom stereocenters. The largest absolute Gasteiger partial charge is 0.416 e. The van der Waals surface area contributed by atoms with Crippen LogP contribution in [0.5, 0.6) is 0 Å². The first-order chi connectivity index (χ1) is 5.91. The highest BCUT2D eigenvalue weighted by Gasteiger charge is 2.30. The van der Waals surface area contributed by atoms with Crippen molar-refractivity contribution < 1.29 is 18.3 Å². The van der Waals surface area contributed by atoms with Crippen LogP contribution in [0.4, 0.5) is 13.2 Å². The van der Waals surface area contributed by atoms with Crippen molar-refractivity contribution in [2.24, 2.45) is 0 Å². The van der Waals surface area contributed by atoms with Crippen LogP contribution in [0.15, 0.2) is 24.3 Å². The molecule has 1 radical (unpaired) electrons. The molecule has 71 valence electrons. The molecule has 0 spiro atoms. The molecule has 0 saturated carbocycles. The molecular weight excluding hydrogens is 181 g/mol. The monoisotopic (exact) mass is 189 g/mol. The summed E-state index contributed by atoms with van der Waals surface area (Å²) in [6.45, 7) is 1.39. The molecule has 1 aromatic rings. The van der Waals surface area contributed by atoms with Crippen LogP contribution in [0, 0.1) is 0 Å². The van der Waals surface area contributed by atoms with Crippen LogP contribution in [-0.2, 0) is 11.3 Å². The average Bonchev–Trinajstić information content (AvgIpc) is 2.03. The van der Waals surface area contributed by atoms with Crippen LogP contribution < -0.4 is 0 Å². The van der Waals surface area contributed by atoms with Crippen molar-refractivity contribution in [2.75, 3.05) is 0 Å². The van der Waals surface area contributed by atoms with Crippen molar-refractivity contribution in [1.29, 1.82) is 0 Å². The number of alkyl halides is 3. The highest BCUT2D eigenvalue weighted by atomic mass is 19.4. The van der Waals surface area contributed by atoms with E-state index >= 15 is 0 Å². The van der Waals surface area contributed by atoms with Crippen molar-refractivity contribution in [3.05, 3.63) is 35.4 Å². The van der Waals surface area contributed by atoms with Gasteiger partial charge in [-0.3, -0.25) is 0 Å². The standard InChI is InChI=1S/C9H8F3O/c1-6(13)7-2-4-8(5-3-7)9(10,11)12/h2-6H,1H3. The molecule has 1 nitrogen and oxygen atoms in total. The van der Waals surface area contributed by atoms with E-state index in [1.807, 2.05) is 0 Å². The van der Waals surface area contributed by atoms with Crippen LogP contribution in [-0.4, -0.2) is 0 Å². The molecule has 0 amide bonds. The lowest BCUT2D eigenvalue weighted by atomic mass is 10.1. The highest BCUT2D eigenvalue weighted by molar-refractivity contribution is 5.25. The predicted octanol–water partition coefficient (Wildman–Crippen LogP) is 3.20. The second kappa shape index (κ2) is 3.38. The average molecular weight is 189 g/mol. The second-order valence-corrected chi connectivity index (χ2v) is 2.76. The molecule has 13 heavy (non-hydrogen) atoms. The summed E-state index contributed by atoms with van der Waals surface area (Å²) in [5.74, 6) is 0. The molecule has 0 bridgehead atoms. The minimum absolute atomic E-state index is 0.369. The summed E-state index contributed by atoms with van der Waals surface area (Å²) >= 11 is 0. The summed E-state index contributed by atoms with van der Waals surface area (Å²) < 4.78 is 36.1. The lowest BCUT2D eigenvalue weighted by molar-refractivity contribution is -0.137. The third kappa shape index (κ3) is 2.45. The van der Waals surface area contributed by atoms with Gasteiger partial charge >= 0.3 is 6.18 Å². The van der Waals surface area contributed by atoms with Gasteiger partial charge in [-0.25, -0.2) is 5.11 Å². The van der Waals surface area contributed by atoms with E-state index in [1.54, 1.807) is 0 Å². The molecule has 0 aliphatic rings. The zero-order valence-electron chi connectivity index (χ0n) is 6.93. The maximum absolute atomic E-state index is 12.0. The second-order valence-electron chi connectivity index (χ2n) is 2.76. The number of hydrogen-bond acceptors (Lipinski definition) is 0. The van der Waals surface area contributed by atoms with E-state index in [4.69, 9.17) is 0 Å². The summed E-state index contributed by atoms with van der Waals surface area (Å²) in [6.07, 6.45) is -5.31. The summed E-state index contributed by atoms with van der Waals surface area (Å²) in [5, 5.41) is 10.8. The maximum atomic E-state index is 12.0. The Morgan fingerprint density at radius 3 is 1.92 bits per heavy atom. The topological polar surface area (TPSA) is 19.9 Å². The van der Waals surface area contributed by atoms with Gasteiger partial charge in [0, 0.05) is 0 Å². The Kier molecular flexibility index (Phi) is 2.61. The molecule has 0 aliphatic heterocycles. The Morgan fingerprint density at radius 2 is 1.62 bits per heavy atom. The van der Waals surface area contributed by atoms with Gasteiger partial charge in [0.1, 0.15) is 6.10 Å². The van der Waals surface area contributed by atoms with Crippen molar-refractivity contribution in [3.63, 3.8) is 0 Å². The van der Waals surface area contributed by atoms with Gasteiger partial charge in [0.2, 0.25) is 0 Å². The quantitative estimate of drug-likeness (QED) is 0.646. The molecule has 4 heteroatoms. The van der Waals surface area contributed by atoms with Crippen molar-refractivity contribution in [2.45, 2.75) is 19.2 Å². The first-order valence-electron chi connectivity index (χ1n) is 3.74. The zero-order valence-corrected chi connectivity index (χ0v) is 6.93. The van der Waals surface area contributed by atoms with Crippen LogP contribution >= 0.6 is 0 Å². The minimum Gasteiger partial charge on any atom is -0.228 e. The van der Waals surface area contributed by atoms with Gasteiger partial charge in [-0.15, -0.1) is 0 Å². The number of halogens is 3. The fraction of sp³-hybridized carbons (Fsp3) is 0.333. The molecule has 0 fully saturated rings. The van der Waals surface area contributed by atoms with E-state index in [0.29, 0.717) is 5.56 Å². The fourth-order valence-corrected chi connectivity index (χ4v) is 0.943. The minimum atomic E-state index is -4.33. The molecule has 1 aromatic carbocycles. The van der Waals surface area contributed by atoms with Gasteiger partial charge in [0.15, 0.2) is 0 Å².